The van der Waals surface area contributed by atoms with Gasteiger partial charge in [-0.2, -0.15) is 0 Å². The molecule has 4 heteroatoms. The van der Waals surface area contributed by atoms with Crippen LogP contribution < -0.4 is 16.0 Å². The molecule has 0 aliphatic rings. The number of nitrogens with two attached hydrogens (primary N) is 1. The van der Waals surface area contributed by atoms with Crippen molar-refractivity contribution in [1.82, 2.24) is 4.98 Å². The summed E-state index contributed by atoms with van der Waals surface area (Å²) in [5, 5.41) is 1.39. The number of nitrogen functional groups attached to an aromatic ring is 1. The van der Waals surface area contributed by atoms with Crippen molar-refractivity contribution in [3.8, 4) is 5.75 Å². The van der Waals surface area contributed by atoms with Crippen LogP contribution in [0.1, 0.15) is 0 Å². The zero-order valence-corrected chi connectivity index (χ0v) is 7.70. The predicted octanol–water partition coefficient (Wildman–Crippen LogP) is 1.12. The van der Waals surface area contributed by atoms with Crippen molar-refractivity contribution in [2.24, 2.45) is 0 Å². The Morgan fingerprint density at radius 3 is 2.93 bits per heavy atom. The van der Waals surface area contributed by atoms with Gasteiger partial charge in [0.1, 0.15) is 5.75 Å². The molecule has 3 N–H and O–H groups in total. The first-order valence-electron chi connectivity index (χ1n) is 4.17. The highest BCUT2D eigenvalue weighted by atomic mass is 16.5. The minimum atomic E-state index is -0.138. The van der Waals surface area contributed by atoms with E-state index in [1.165, 1.54) is 7.11 Å². The number of ether oxygens (including phenoxy) is 1. The second-order valence-corrected chi connectivity index (χ2v) is 2.99. The van der Waals surface area contributed by atoms with Crippen LogP contribution in [-0.4, -0.2) is 12.1 Å². The van der Waals surface area contributed by atoms with Gasteiger partial charge in [0.2, 0.25) is 0 Å². The second kappa shape index (κ2) is 3.06. The van der Waals surface area contributed by atoms with Crippen LogP contribution in [0.2, 0.25) is 0 Å². The first-order chi connectivity index (χ1) is 6.72. The normalized spacial score (nSPS) is 10.4. The number of hydrogen-bond acceptors (Lipinski definition) is 3. The molecule has 0 aliphatic heterocycles. The van der Waals surface area contributed by atoms with E-state index in [0.717, 1.165) is 5.39 Å². The number of aromatic amines is 1. The Morgan fingerprint density at radius 2 is 2.21 bits per heavy atom. The maximum absolute atomic E-state index is 11.4. The lowest BCUT2D eigenvalue weighted by Gasteiger charge is -2.05. The number of nitrogens with one attached hydrogen (secondary N) is 1. The molecule has 0 spiro atoms. The fraction of sp³-hybridized carbons (Fsp3) is 0.100. The molecule has 2 aromatic rings. The van der Waals surface area contributed by atoms with Gasteiger partial charge in [0, 0.05) is 6.20 Å². The fourth-order valence-electron chi connectivity index (χ4n) is 1.41. The molecule has 0 unspecified atom stereocenters. The largest absolute Gasteiger partial charge is 0.495 e. The molecule has 0 atom stereocenters. The minimum absolute atomic E-state index is 0.138. The van der Waals surface area contributed by atoms with Crippen molar-refractivity contribution < 1.29 is 4.74 Å². The Morgan fingerprint density at radius 1 is 1.43 bits per heavy atom. The summed E-state index contributed by atoms with van der Waals surface area (Å²) in [4.78, 5) is 14.0. The number of benzene rings is 1. The number of pyridine rings is 1. The molecule has 0 saturated carbocycles. The summed E-state index contributed by atoms with van der Waals surface area (Å²) in [6.07, 6.45) is 1.59. The van der Waals surface area contributed by atoms with E-state index in [9.17, 15) is 4.79 Å². The lowest BCUT2D eigenvalue weighted by molar-refractivity contribution is 0.417. The monoisotopic (exact) mass is 190 g/mol. The van der Waals surface area contributed by atoms with Crippen molar-refractivity contribution in [1.29, 1.82) is 0 Å². The van der Waals surface area contributed by atoms with Crippen LogP contribution in [0.15, 0.2) is 29.2 Å². The average molecular weight is 190 g/mol. The summed E-state index contributed by atoms with van der Waals surface area (Å²) in [5.41, 5.74) is 6.10. The van der Waals surface area contributed by atoms with Gasteiger partial charge in [-0.3, -0.25) is 4.79 Å². The number of H-pyrrole nitrogens is 1. The third-order valence-corrected chi connectivity index (χ3v) is 2.12. The quantitative estimate of drug-likeness (QED) is 0.662. The van der Waals surface area contributed by atoms with Gasteiger partial charge in [0.15, 0.2) is 0 Å². The zero-order chi connectivity index (χ0) is 10.1. The van der Waals surface area contributed by atoms with E-state index in [2.05, 4.69) is 4.98 Å². The molecule has 72 valence electrons. The van der Waals surface area contributed by atoms with Crippen molar-refractivity contribution in [3.63, 3.8) is 0 Å². The van der Waals surface area contributed by atoms with Gasteiger partial charge in [0.05, 0.1) is 18.2 Å². The van der Waals surface area contributed by atoms with Crippen molar-refractivity contribution >= 4 is 16.5 Å². The van der Waals surface area contributed by atoms with Crippen LogP contribution in [0, 0.1) is 0 Å². The van der Waals surface area contributed by atoms with Gasteiger partial charge in [-0.25, -0.2) is 0 Å². The van der Waals surface area contributed by atoms with E-state index >= 15 is 0 Å². The molecular weight excluding hydrogens is 180 g/mol. The fourth-order valence-corrected chi connectivity index (χ4v) is 1.41. The molecule has 0 fully saturated rings. The van der Waals surface area contributed by atoms with Gasteiger partial charge in [-0.05, 0) is 23.6 Å². The molecule has 0 bridgehead atoms. The highest BCUT2D eigenvalue weighted by Gasteiger charge is 2.03. The lowest BCUT2D eigenvalue weighted by Crippen LogP contribution is -2.05. The van der Waals surface area contributed by atoms with Crippen LogP contribution in [0.3, 0.4) is 0 Å². The minimum Gasteiger partial charge on any atom is -0.495 e. The molecule has 1 aromatic heterocycles. The lowest BCUT2D eigenvalue weighted by atomic mass is 10.1. The molecule has 1 aromatic carbocycles. The van der Waals surface area contributed by atoms with Crippen LogP contribution >= 0.6 is 0 Å². The van der Waals surface area contributed by atoms with Crippen LogP contribution in [-0.2, 0) is 0 Å². The van der Waals surface area contributed by atoms with Crippen LogP contribution in [0.5, 0.6) is 5.75 Å². The van der Waals surface area contributed by atoms with Crippen molar-refractivity contribution in [2.45, 2.75) is 0 Å². The number of fused-ring (bicyclic) bond motifs is 1. The number of rotatable bonds is 1. The smallest absolute Gasteiger partial charge is 0.255 e. The second-order valence-electron chi connectivity index (χ2n) is 2.99. The molecule has 1 heterocycles. The maximum Gasteiger partial charge on any atom is 0.255 e. The Hall–Kier alpha value is -1.97. The van der Waals surface area contributed by atoms with Gasteiger partial charge in [-0.1, -0.05) is 0 Å². The topological polar surface area (TPSA) is 68.1 Å². The van der Waals surface area contributed by atoms with E-state index in [-0.39, 0.29) is 5.56 Å². The number of methoxy groups -OCH3 is 1. The van der Waals surface area contributed by atoms with Crippen molar-refractivity contribution in [2.75, 3.05) is 12.8 Å². The molecule has 0 saturated heterocycles. The number of aromatic nitrogens is 1. The van der Waals surface area contributed by atoms with E-state index in [1.807, 2.05) is 0 Å². The summed E-state index contributed by atoms with van der Waals surface area (Å²) >= 11 is 0. The summed E-state index contributed by atoms with van der Waals surface area (Å²) in [7, 11) is 1.52. The summed E-state index contributed by atoms with van der Waals surface area (Å²) < 4.78 is 5.03. The predicted molar refractivity (Wildman–Crippen MR) is 55.5 cm³/mol. The van der Waals surface area contributed by atoms with Crippen molar-refractivity contribution in [3.05, 3.63) is 34.7 Å². The summed E-state index contributed by atoms with van der Waals surface area (Å²) in [6, 6.07) is 5.17. The number of hydrogen-bond donors (Lipinski definition) is 2. The third-order valence-electron chi connectivity index (χ3n) is 2.12. The highest BCUT2D eigenvalue weighted by molar-refractivity contribution is 5.87. The SMILES string of the molecule is COc1cc2c(=O)[nH]ccc2cc1N. The van der Waals surface area contributed by atoms with Crippen LogP contribution in [0.25, 0.3) is 10.8 Å². The summed E-state index contributed by atoms with van der Waals surface area (Å²) in [6.45, 7) is 0. The number of anilines is 1. The Bertz CT molecular complexity index is 531. The average Bonchev–Trinajstić information content (AvgIpc) is 2.17. The molecular formula is C10H10N2O2. The summed E-state index contributed by atoms with van der Waals surface area (Å²) in [5.74, 6) is 0.522. The Labute approximate surface area is 80.3 Å². The highest BCUT2D eigenvalue weighted by Crippen LogP contribution is 2.25. The van der Waals surface area contributed by atoms with E-state index in [0.29, 0.717) is 16.8 Å². The first kappa shape index (κ1) is 8.62. The van der Waals surface area contributed by atoms with E-state index in [1.54, 1.807) is 24.4 Å². The van der Waals surface area contributed by atoms with E-state index < -0.39 is 0 Å². The Balaban J connectivity index is 2.87. The van der Waals surface area contributed by atoms with Gasteiger partial charge >= 0.3 is 0 Å². The molecule has 0 radical (unpaired) electrons. The van der Waals surface area contributed by atoms with Crippen LogP contribution in [0.4, 0.5) is 5.69 Å². The molecule has 14 heavy (non-hydrogen) atoms. The zero-order valence-electron chi connectivity index (χ0n) is 7.70. The molecule has 0 aliphatic carbocycles. The third kappa shape index (κ3) is 1.21. The van der Waals surface area contributed by atoms with Gasteiger partial charge < -0.3 is 15.5 Å². The molecule has 2 rings (SSSR count). The first-order valence-corrected chi connectivity index (χ1v) is 4.17. The maximum atomic E-state index is 11.4. The standard InChI is InChI=1S/C10H10N2O2/c1-14-9-5-7-6(4-8(9)11)2-3-12-10(7)13/h2-5H,11H2,1H3,(H,12,13). The van der Waals surface area contributed by atoms with Gasteiger partial charge in [0.25, 0.3) is 5.56 Å². The molecule has 4 nitrogen and oxygen atoms in total. The van der Waals surface area contributed by atoms with Gasteiger partial charge in [-0.15, -0.1) is 0 Å². The van der Waals surface area contributed by atoms with E-state index in [4.69, 9.17) is 10.5 Å². The molecule has 0 amide bonds. The Kier molecular flexibility index (Phi) is 1.89.